The number of hydrogen-bond acceptors (Lipinski definition) is 3. The third kappa shape index (κ3) is 4.97. The fourth-order valence-electron chi connectivity index (χ4n) is 2.21. The number of aryl methyl sites for hydroxylation is 1. The van der Waals surface area contributed by atoms with Crippen molar-refractivity contribution in [3.05, 3.63) is 23.5 Å². The number of nitrogens with one attached hydrogen (secondary N) is 1. The van der Waals surface area contributed by atoms with Crippen LogP contribution in [0.1, 0.15) is 45.1 Å². The van der Waals surface area contributed by atoms with Gasteiger partial charge in [-0.05, 0) is 37.0 Å². The summed E-state index contributed by atoms with van der Waals surface area (Å²) in [6, 6.07) is 2.59. The highest BCUT2D eigenvalue weighted by atomic mass is 32.2. The lowest BCUT2D eigenvalue weighted by molar-refractivity contribution is 0.443. The maximum absolute atomic E-state index is 14.0. The molecule has 0 saturated carbocycles. The Labute approximate surface area is 127 Å². The lowest BCUT2D eigenvalue weighted by atomic mass is 10.00. The number of unbranched alkanes of at least 4 members (excludes halogenated alkanes) is 1. The van der Waals surface area contributed by atoms with Crippen LogP contribution in [0.5, 0.6) is 0 Å². The van der Waals surface area contributed by atoms with Gasteiger partial charge in [-0.1, -0.05) is 33.1 Å². The van der Waals surface area contributed by atoms with E-state index in [1.807, 2.05) is 6.92 Å². The summed E-state index contributed by atoms with van der Waals surface area (Å²) in [6.07, 6.45) is 3.99. The Morgan fingerprint density at radius 3 is 2.57 bits per heavy atom. The number of sulfonamides is 1. The standard InChI is InChI=1S/C15H25FN2O2S/c1-4-6-7-12(5-2)10-18-21(19,20)14-9-13(17)8-11(3)15(14)16/h8-9,12,18H,4-7,10,17H2,1-3H3. The van der Waals surface area contributed by atoms with Crippen molar-refractivity contribution in [2.45, 2.75) is 51.3 Å². The molecule has 0 fully saturated rings. The summed E-state index contributed by atoms with van der Waals surface area (Å²) in [6.45, 7) is 5.95. The van der Waals surface area contributed by atoms with Crippen molar-refractivity contribution in [2.75, 3.05) is 12.3 Å². The van der Waals surface area contributed by atoms with Crippen molar-refractivity contribution < 1.29 is 12.8 Å². The van der Waals surface area contributed by atoms with E-state index in [0.717, 1.165) is 31.7 Å². The minimum absolute atomic E-state index is 0.230. The zero-order chi connectivity index (χ0) is 16.0. The Morgan fingerprint density at radius 1 is 1.33 bits per heavy atom. The van der Waals surface area contributed by atoms with Gasteiger partial charge in [0.2, 0.25) is 10.0 Å². The van der Waals surface area contributed by atoms with E-state index in [4.69, 9.17) is 5.73 Å². The minimum atomic E-state index is -3.87. The Hall–Kier alpha value is -1.14. The monoisotopic (exact) mass is 316 g/mol. The first kappa shape index (κ1) is 17.9. The van der Waals surface area contributed by atoms with Crippen LogP contribution in [0.4, 0.5) is 10.1 Å². The summed E-state index contributed by atoms with van der Waals surface area (Å²) < 4.78 is 41.0. The molecule has 1 aromatic rings. The van der Waals surface area contributed by atoms with Gasteiger partial charge >= 0.3 is 0 Å². The van der Waals surface area contributed by atoms with Crippen molar-refractivity contribution in [1.82, 2.24) is 4.72 Å². The normalized spacial score (nSPS) is 13.3. The van der Waals surface area contributed by atoms with E-state index >= 15 is 0 Å². The summed E-state index contributed by atoms with van der Waals surface area (Å²) in [4.78, 5) is -0.370. The molecule has 21 heavy (non-hydrogen) atoms. The SMILES string of the molecule is CCCCC(CC)CNS(=O)(=O)c1cc(N)cc(C)c1F. The molecule has 1 unspecified atom stereocenters. The maximum Gasteiger partial charge on any atom is 0.243 e. The first-order valence-electron chi connectivity index (χ1n) is 7.37. The largest absolute Gasteiger partial charge is 0.399 e. The van der Waals surface area contributed by atoms with E-state index in [9.17, 15) is 12.8 Å². The van der Waals surface area contributed by atoms with Crippen molar-refractivity contribution in [3.63, 3.8) is 0 Å². The Balaban J connectivity index is 2.87. The first-order valence-corrected chi connectivity index (χ1v) is 8.85. The van der Waals surface area contributed by atoms with Crippen molar-refractivity contribution >= 4 is 15.7 Å². The molecule has 1 rings (SSSR count). The fraction of sp³-hybridized carbons (Fsp3) is 0.600. The van der Waals surface area contributed by atoms with Crippen LogP contribution in [0.25, 0.3) is 0 Å². The molecule has 0 radical (unpaired) electrons. The Morgan fingerprint density at radius 2 is 2.00 bits per heavy atom. The van der Waals surface area contributed by atoms with Gasteiger partial charge in [0.05, 0.1) is 0 Å². The molecule has 0 heterocycles. The van der Waals surface area contributed by atoms with Crippen molar-refractivity contribution in [2.24, 2.45) is 5.92 Å². The van der Waals surface area contributed by atoms with Gasteiger partial charge in [-0.25, -0.2) is 17.5 Å². The molecule has 0 bridgehead atoms. The lowest BCUT2D eigenvalue weighted by Crippen LogP contribution is -2.30. The summed E-state index contributed by atoms with van der Waals surface area (Å²) >= 11 is 0. The van der Waals surface area contributed by atoms with Crippen LogP contribution in [0.3, 0.4) is 0 Å². The van der Waals surface area contributed by atoms with Crippen LogP contribution < -0.4 is 10.5 Å². The second kappa shape index (κ2) is 7.75. The van der Waals surface area contributed by atoms with Gasteiger partial charge in [-0.15, -0.1) is 0 Å². The summed E-state index contributed by atoms with van der Waals surface area (Å²) in [5.74, 6) is -0.469. The molecule has 0 aromatic heterocycles. The Bertz CT molecular complexity index is 573. The van der Waals surface area contributed by atoms with E-state index in [1.165, 1.54) is 13.0 Å². The number of rotatable bonds is 8. The highest BCUT2D eigenvalue weighted by molar-refractivity contribution is 7.89. The third-order valence-corrected chi connectivity index (χ3v) is 5.06. The minimum Gasteiger partial charge on any atom is -0.399 e. The number of hydrogen-bond donors (Lipinski definition) is 2. The number of nitrogens with two attached hydrogens (primary N) is 1. The van der Waals surface area contributed by atoms with Crippen LogP contribution in [0.15, 0.2) is 17.0 Å². The lowest BCUT2D eigenvalue weighted by Gasteiger charge is -2.16. The number of anilines is 1. The summed E-state index contributed by atoms with van der Waals surface area (Å²) in [5.41, 5.74) is 6.09. The number of benzene rings is 1. The smallest absolute Gasteiger partial charge is 0.243 e. The highest BCUT2D eigenvalue weighted by Gasteiger charge is 2.22. The molecule has 0 amide bonds. The van der Waals surface area contributed by atoms with Crippen molar-refractivity contribution in [3.8, 4) is 0 Å². The molecule has 0 aliphatic carbocycles. The molecule has 0 spiro atoms. The van der Waals surface area contributed by atoms with Gasteiger partial charge in [0.1, 0.15) is 10.7 Å². The van der Waals surface area contributed by atoms with Gasteiger partial charge < -0.3 is 5.73 Å². The molecule has 4 nitrogen and oxygen atoms in total. The van der Waals surface area contributed by atoms with Gasteiger partial charge in [0.25, 0.3) is 0 Å². The van der Waals surface area contributed by atoms with E-state index in [1.54, 1.807) is 0 Å². The molecule has 1 aromatic carbocycles. The van der Waals surface area contributed by atoms with Crippen molar-refractivity contribution in [1.29, 1.82) is 0 Å². The Kier molecular flexibility index (Phi) is 6.61. The molecule has 1 atom stereocenters. The highest BCUT2D eigenvalue weighted by Crippen LogP contribution is 2.22. The van der Waals surface area contributed by atoms with E-state index < -0.39 is 15.8 Å². The molecule has 120 valence electrons. The quantitative estimate of drug-likeness (QED) is 0.723. The summed E-state index contributed by atoms with van der Waals surface area (Å²) in [7, 11) is -3.87. The second-order valence-corrected chi connectivity index (χ2v) is 7.15. The predicted octanol–water partition coefficient (Wildman–Crippen LogP) is 3.21. The van der Waals surface area contributed by atoms with Gasteiger partial charge in [0, 0.05) is 12.2 Å². The predicted molar refractivity (Wildman–Crippen MR) is 84.0 cm³/mol. The van der Waals surface area contributed by atoms with Gasteiger partial charge in [-0.2, -0.15) is 0 Å². The van der Waals surface area contributed by atoms with E-state index in [-0.39, 0.29) is 22.1 Å². The van der Waals surface area contributed by atoms with Crippen LogP contribution in [-0.2, 0) is 10.0 Å². The number of halogens is 1. The zero-order valence-electron chi connectivity index (χ0n) is 12.9. The zero-order valence-corrected chi connectivity index (χ0v) is 13.8. The average Bonchev–Trinajstić information content (AvgIpc) is 2.43. The van der Waals surface area contributed by atoms with Crippen LogP contribution in [-0.4, -0.2) is 15.0 Å². The molecule has 3 N–H and O–H groups in total. The van der Waals surface area contributed by atoms with Crippen LogP contribution in [0, 0.1) is 18.7 Å². The van der Waals surface area contributed by atoms with E-state index in [0.29, 0.717) is 6.54 Å². The third-order valence-electron chi connectivity index (χ3n) is 3.64. The van der Waals surface area contributed by atoms with Crippen LogP contribution >= 0.6 is 0 Å². The molecule has 0 saturated heterocycles. The molecule has 0 aliphatic rings. The molecular weight excluding hydrogens is 291 g/mol. The molecule has 6 heteroatoms. The average molecular weight is 316 g/mol. The fourth-order valence-corrected chi connectivity index (χ4v) is 3.51. The molecular formula is C15H25FN2O2S. The first-order chi connectivity index (χ1) is 9.81. The van der Waals surface area contributed by atoms with Gasteiger partial charge in [0.15, 0.2) is 0 Å². The van der Waals surface area contributed by atoms with E-state index in [2.05, 4.69) is 11.6 Å². The van der Waals surface area contributed by atoms with Gasteiger partial charge in [-0.3, -0.25) is 0 Å². The number of nitrogen functional groups attached to an aromatic ring is 1. The summed E-state index contributed by atoms with van der Waals surface area (Å²) in [5, 5.41) is 0. The second-order valence-electron chi connectivity index (χ2n) is 5.42. The van der Waals surface area contributed by atoms with Crippen LogP contribution in [0.2, 0.25) is 0 Å². The topological polar surface area (TPSA) is 72.2 Å². The maximum atomic E-state index is 14.0. The molecule has 0 aliphatic heterocycles.